The van der Waals surface area contributed by atoms with Crippen molar-refractivity contribution in [1.82, 2.24) is 9.97 Å². The van der Waals surface area contributed by atoms with E-state index in [1.165, 1.54) is 0 Å². The van der Waals surface area contributed by atoms with E-state index < -0.39 is 0 Å². The molecule has 2 aromatic rings. The fourth-order valence-corrected chi connectivity index (χ4v) is 2.38. The molecule has 4 heteroatoms. The number of hydrogen-bond donors (Lipinski definition) is 1. The number of rotatable bonds is 1. The Hall–Kier alpha value is -1.06. The molecule has 2 heterocycles. The molecule has 84 valence electrons. The van der Waals surface area contributed by atoms with E-state index in [0.717, 1.165) is 42.9 Å². The molecule has 0 amide bonds. The van der Waals surface area contributed by atoms with Crippen molar-refractivity contribution in [3.05, 3.63) is 29.0 Å². The molecule has 0 radical (unpaired) electrons. The number of para-hydroxylation sites is 1. The zero-order chi connectivity index (χ0) is 11.0. The highest BCUT2D eigenvalue weighted by molar-refractivity contribution is 6.34. The van der Waals surface area contributed by atoms with Crippen LogP contribution in [0.4, 0.5) is 0 Å². The Morgan fingerprint density at radius 2 is 2.38 bits per heavy atom. The van der Waals surface area contributed by atoms with Crippen molar-refractivity contribution in [2.75, 3.05) is 13.2 Å². The third-order valence-corrected chi connectivity index (χ3v) is 3.33. The first-order valence-electron chi connectivity index (χ1n) is 5.56. The summed E-state index contributed by atoms with van der Waals surface area (Å²) < 4.78 is 5.47. The molecule has 1 saturated heterocycles. The van der Waals surface area contributed by atoms with Crippen molar-refractivity contribution in [3.8, 4) is 0 Å². The minimum atomic E-state index is 0.386. The highest BCUT2D eigenvalue weighted by Crippen LogP contribution is 2.27. The van der Waals surface area contributed by atoms with Gasteiger partial charge in [-0.05, 0) is 25.0 Å². The molecule has 3 nitrogen and oxygen atoms in total. The lowest BCUT2D eigenvalue weighted by Gasteiger charge is -2.19. The Balaban J connectivity index is 2.01. The lowest BCUT2D eigenvalue weighted by molar-refractivity contribution is 0.0784. The Kier molecular flexibility index (Phi) is 2.58. The molecule has 1 aromatic carbocycles. The summed E-state index contributed by atoms with van der Waals surface area (Å²) in [6, 6.07) is 5.80. The smallest absolute Gasteiger partial charge is 0.112 e. The van der Waals surface area contributed by atoms with Gasteiger partial charge in [-0.3, -0.25) is 0 Å². The van der Waals surface area contributed by atoms with Crippen molar-refractivity contribution in [2.24, 2.45) is 0 Å². The van der Waals surface area contributed by atoms with Crippen LogP contribution < -0.4 is 0 Å². The van der Waals surface area contributed by atoms with Crippen LogP contribution in [0.2, 0.25) is 5.02 Å². The van der Waals surface area contributed by atoms with E-state index in [2.05, 4.69) is 9.97 Å². The van der Waals surface area contributed by atoms with Crippen LogP contribution in [0.5, 0.6) is 0 Å². The van der Waals surface area contributed by atoms with Gasteiger partial charge in [0.1, 0.15) is 11.3 Å². The standard InChI is InChI=1S/C12H13ClN2O/c13-9-4-1-5-10-11(9)15-12(14-10)8-3-2-6-16-7-8/h1,4-5,8H,2-3,6-7H2,(H,14,15). The van der Waals surface area contributed by atoms with Gasteiger partial charge in [-0.25, -0.2) is 4.98 Å². The second-order valence-electron chi connectivity index (χ2n) is 4.17. The molecule has 0 spiro atoms. The van der Waals surface area contributed by atoms with Crippen molar-refractivity contribution < 1.29 is 4.74 Å². The fraction of sp³-hybridized carbons (Fsp3) is 0.417. The van der Waals surface area contributed by atoms with E-state index in [1.807, 2.05) is 18.2 Å². The number of nitrogens with zero attached hydrogens (tertiary/aromatic N) is 1. The molecule has 3 rings (SSSR count). The first-order valence-corrected chi connectivity index (χ1v) is 5.94. The minimum Gasteiger partial charge on any atom is -0.381 e. The van der Waals surface area contributed by atoms with E-state index in [0.29, 0.717) is 10.9 Å². The molecule has 1 N–H and O–H groups in total. The van der Waals surface area contributed by atoms with Crippen LogP contribution in [0.3, 0.4) is 0 Å². The summed E-state index contributed by atoms with van der Waals surface area (Å²) in [5, 5.41) is 0.705. The number of benzene rings is 1. The van der Waals surface area contributed by atoms with Crippen LogP contribution in [-0.4, -0.2) is 23.2 Å². The van der Waals surface area contributed by atoms with Gasteiger partial charge in [-0.2, -0.15) is 0 Å². The SMILES string of the molecule is Clc1cccc2[nH]c(C3CCCOC3)nc12. The number of ether oxygens (including phenoxy) is 1. The number of aromatic amines is 1. The third-order valence-electron chi connectivity index (χ3n) is 3.03. The van der Waals surface area contributed by atoms with Gasteiger partial charge >= 0.3 is 0 Å². The van der Waals surface area contributed by atoms with Gasteiger partial charge in [0.15, 0.2) is 0 Å². The Labute approximate surface area is 98.8 Å². The quantitative estimate of drug-likeness (QED) is 0.826. The Morgan fingerprint density at radius 1 is 1.44 bits per heavy atom. The van der Waals surface area contributed by atoms with Crippen LogP contribution in [0.25, 0.3) is 11.0 Å². The minimum absolute atomic E-state index is 0.386. The van der Waals surface area contributed by atoms with Crippen molar-refractivity contribution in [1.29, 1.82) is 0 Å². The molecular formula is C12H13ClN2O. The molecular weight excluding hydrogens is 224 g/mol. The van der Waals surface area contributed by atoms with Crippen LogP contribution >= 0.6 is 11.6 Å². The number of fused-ring (bicyclic) bond motifs is 1. The molecule has 1 aromatic heterocycles. The number of nitrogens with one attached hydrogen (secondary N) is 1. The second-order valence-corrected chi connectivity index (χ2v) is 4.58. The van der Waals surface area contributed by atoms with Gasteiger partial charge in [0, 0.05) is 12.5 Å². The normalized spacial score (nSPS) is 21.4. The molecule has 0 aliphatic carbocycles. The van der Waals surface area contributed by atoms with E-state index in [1.54, 1.807) is 0 Å². The molecule has 0 saturated carbocycles. The summed E-state index contributed by atoms with van der Waals surface area (Å²) in [5.41, 5.74) is 1.87. The average molecular weight is 237 g/mol. The second kappa shape index (κ2) is 4.07. The summed E-state index contributed by atoms with van der Waals surface area (Å²) >= 11 is 6.10. The van der Waals surface area contributed by atoms with Crippen LogP contribution in [0.15, 0.2) is 18.2 Å². The Bertz CT molecular complexity index is 503. The van der Waals surface area contributed by atoms with Crippen LogP contribution in [-0.2, 0) is 4.74 Å². The summed E-state index contributed by atoms with van der Waals surface area (Å²) in [6.07, 6.45) is 2.24. The maximum absolute atomic E-state index is 6.10. The predicted molar refractivity (Wildman–Crippen MR) is 63.9 cm³/mol. The molecule has 1 fully saturated rings. The average Bonchev–Trinajstić information content (AvgIpc) is 2.76. The topological polar surface area (TPSA) is 37.9 Å². The van der Waals surface area contributed by atoms with Crippen LogP contribution in [0, 0.1) is 0 Å². The van der Waals surface area contributed by atoms with Crippen molar-refractivity contribution >= 4 is 22.6 Å². The number of imidazole rings is 1. The van der Waals surface area contributed by atoms with Crippen molar-refractivity contribution in [3.63, 3.8) is 0 Å². The summed E-state index contributed by atoms with van der Waals surface area (Å²) in [7, 11) is 0. The first-order chi connectivity index (χ1) is 7.84. The summed E-state index contributed by atoms with van der Waals surface area (Å²) in [4.78, 5) is 7.90. The maximum atomic E-state index is 6.10. The van der Waals surface area contributed by atoms with Gasteiger partial charge in [-0.15, -0.1) is 0 Å². The molecule has 1 aliphatic heterocycles. The zero-order valence-electron chi connectivity index (χ0n) is 8.87. The first kappa shape index (κ1) is 10.1. The number of hydrogen-bond acceptors (Lipinski definition) is 2. The molecule has 1 unspecified atom stereocenters. The monoisotopic (exact) mass is 236 g/mol. The van der Waals surface area contributed by atoms with Crippen LogP contribution in [0.1, 0.15) is 24.6 Å². The van der Waals surface area contributed by atoms with E-state index in [4.69, 9.17) is 16.3 Å². The lowest BCUT2D eigenvalue weighted by atomic mass is 10.0. The Morgan fingerprint density at radius 3 is 3.12 bits per heavy atom. The van der Waals surface area contributed by atoms with Crippen molar-refractivity contribution in [2.45, 2.75) is 18.8 Å². The number of aromatic nitrogens is 2. The highest BCUT2D eigenvalue weighted by atomic mass is 35.5. The number of halogens is 1. The lowest BCUT2D eigenvalue weighted by Crippen LogP contribution is -2.16. The molecule has 0 bridgehead atoms. The number of H-pyrrole nitrogens is 1. The highest BCUT2D eigenvalue weighted by Gasteiger charge is 2.19. The van der Waals surface area contributed by atoms with Gasteiger partial charge < -0.3 is 9.72 Å². The summed E-state index contributed by atoms with van der Waals surface area (Å²) in [5.74, 6) is 1.39. The predicted octanol–water partition coefficient (Wildman–Crippen LogP) is 3.11. The molecule has 1 aliphatic rings. The zero-order valence-corrected chi connectivity index (χ0v) is 9.63. The third kappa shape index (κ3) is 1.70. The molecule has 16 heavy (non-hydrogen) atoms. The fourth-order valence-electron chi connectivity index (χ4n) is 2.17. The van der Waals surface area contributed by atoms with E-state index in [-0.39, 0.29) is 0 Å². The van der Waals surface area contributed by atoms with Gasteiger partial charge in [0.2, 0.25) is 0 Å². The maximum Gasteiger partial charge on any atom is 0.112 e. The van der Waals surface area contributed by atoms with Gasteiger partial charge in [0.05, 0.1) is 17.1 Å². The van der Waals surface area contributed by atoms with Gasteiger partial charge in [-0.1, -0.05) is 17.7 Å². The van der Waals surface area contributed by atoms with Gasteiger partial charge in [0.25, 0.3) is 0 Å². The largest absolute Gasteiger partial charge is 0.381 e. The summed E-state index contributed by atoms with van der Waals surface area (Å²) in [6.45, 7) is 1.63. The van der Waals surface area contributed by atoms with E-state index >= 15 is 0 Å². The molecule has 1 atom stereocenters. The van der Waals surface area contributed by atoms with E-state index in [9.17, 15) is 0 Å².